The molecule has 0 bridgehead atoms. The lowest BCUT2D eigenvalue weighted by molar-refractivity contribution is -0.141. The van der Waals surface area contributed by atoms with E-state index in [2.05, 4.69) is 10.1 Å². The van der Waals surface area contributed by atoms with Crippen LogP contribution in [0.25, 0.3) is 10.9 Å². The van der Waals surface area contributed by atoms with Crippen molar-refractivity contribution in [3.63, 3.8) is 0 Å². The van der Waals surface area contributed by atoms with E-state index in [-0.39, 0.29) is 18.0 Å². The van der Waals surface area contributed by atoms with E-state index >= 15 is 0 Å². The van der Waals surface area contributed by atoms with Gasteiger partial charge >= 0.3 is 5.97 Å². The van der Waals surface area contributed by atoms with Crippen LogP contribution < -0.4 is 4.74 Å². The third-order valence-corrected chi connectivity index (χ3v) is 5.19. The molecule has 0 saturated heterocycles. The number of furan rings is 1. The minimum atomic E-state index is -1.05. The van der Waals surface area contributed by atoms with Crippen molar-refractivity contribution in [3.8, 4) is 5.75 Å². The molecule has 4 rings (SSSR count). The van der Waals surface area contributed by atoms with Crippen molar-refractivity contribution in [2.75, 3.05) is 7.11 Å². The Morgan fingerprint density at radius 2 is 2.13 bits per heavy atom. The van der Waals surface area contributed by atoms with Crippen molar-refractivity contribution in [2.24, 2.45) is 5.10 Å². The predicted molar refractivity (Wildman–Crippen MR) is 110 cm³/mol. The molecule has 0 aliphatic carbocycles. The number of hydrazone groups is 1. The van der Waals surface area contributed by atoms with E-state index in [0.717, 1.165) is 5.39 Å². The van der Waals surface area contributed by atoms with Gasteiger partial charge < -0.3 is 14.3 Å². The molecular weight excluding hydrogens is 410 g/mol. The highest BCUT2D eigenvalue weighted by molar-refractivity contribution is 6.30. The molecule has 1 aliphatic heterocycles. The Balaban J connectivity index is 1.72. The van der Waals surface area contributed by atoms with E-state index in [1.54, 1.807) is 25.3 Å². The first-order valence-corrected chi connectivity index (χ1v) is 9.63. The van der Waals surface area contributed by atoms with Gasteiger partial charge in [0.2, 0.25) is 5.91 Å². The molecule has 1 aromatic carbocycles. The average Bonchev–Trinajstić information content (AvgIpc) is 3.40. The lowest BCUT2D eigenvalue weighted by Gasteiger charge is -2.22. The summed E-state index contributed by atoms with van der Waals surface area (Å²) in [5.74, 6) is -0.250. The number of carbonyl (C=O) groups is 2. The monoisotopic (exact) mass is 427 g/mol. The van der Waals surface area contributed by atoms with Gasteiger partial charge in [-0.1, -0.05) is 11.6 Å². The number of rotatable bonds is 6. The first-order valence-electron chi connectivity index (χ1n) is 9.25. The molecule has 3 aromatic rings. The van der Waals surface area contributed by atoms with Crippen molar-refractivity contribution in [2.45, 2.75) is 25.3 Å². The van der Waals surface area contributed by atoms with E-state index < -0.39 is 17.9 Å². The average molecular weight is 428 g/mol. The number of aliphatic carboxylic acids is 1. The Hall–Kier alpha value is -3.39. The number of aromatic nitrogens is 1. The van der Waals surface area contributed by atoms with Crippen LogP contribution in [0.2, 0.25) is 5.15 Å². The van der Waals surface area contributed by atoms with E-state index in [1.807, 2.05) is 18.2 Å². The van der Waals surface area contributed by atoms with Crippen molar-refractivity contribution in [1.82, 2.24) is 9.99 Å². The van der Waals surface area contributed by atoms with E-state index in [1.165, 1.54) is 11.3 Å². The van der Waals surface area contributed by atoms with Gasteiger partial charge in [-0.3, -0.25) is 9.59 Å². The van der Waals surface area contributed by atoms with E-state index in [0.29, 0.717) is 34.7 Å². The summed E-state index contributed by atoms with van der Waals surface area (Å²) in [5, 5.41) is 15.7. The zero-order valence-corrected chi connectivity index (χ0v) is 16.8. The maximum Gasteiger partial charge on any atom is 0.303 e. The zero-order valence-electron chi connectivity index (χ0n) is 16.0. The number of carboxylic acids is 1. The van der Waals surface area contributed by atoms with Crippen LogP contribution in [0.1, 0.15) is 36.6 Å². The number of ether oxygens (including phenoxy) is 1. The number of halogens is 1. The van der Waals surface area contributed by atoms with Gasteiger partial charge in [0, 0.05) is 29.9 Å². The second-order valence-electron chi connectivity index (χ2n) is 6.80. The van der Waals surface area contributed by atoms with Gasteiger partial charge in [0.25, 0.3) is 0 Å². The summed E-state index contributed by atoms with van der Waals surface area (Å²) < 4.78 is 10.7. The van der Waals surface area contributed by atoms with Crippen LogP contribution in [-0.2, 0) is 9.59 Å². The Kier molecular flexibility index (Phi) is 5.41. The molecule has 0 saturated carbocycles. The molecule has 0 fully saturated rings. The standard InChI is InChI=1S/C21H18ClN3O5/c1-29-13-5-4-12-9-14(21(22)23-15(12)10-13)17-11-16(18-3-2-8-30-18)24-25(17)19(26)6-7-20(27)28/h2-5,8-10,17H,6-7,11H2,1H3,(H,27,28)/t17-/m0/s1. The van der Waals surface area contributed by atoms with Crippen molar-refractivity contribution in [1.29, 1.82) is 0 Å². The minimum Gasteiger partial charge on any atom is -0.497 e. The van der Waals surface area contributed by atoms with Gasteiger partial charge in [-0.15, -0.1) is 0 Å². The van der Waals surface area contributed by atoms with Gasteiger partial charge in [0.15, 0.2) is 0 Å². The number of pyridine rings is 1. The number of fused-ring (bicyclic) bond motifs is 1. The third-order valence-electron chi connectivity index (χ3n) is 4.89. The minimum absolute atomic E-state index is 0.170. The second kappa shape index (κ2) is 8.16. The Morgan fingerprint density at radius 1 is 1.30 bits per heavy atom. The lowest BCUT2D eigenvalue weighted by Crippen LogP contribution is -2.27. The molecule has 2 aromatic heterocycles. The molecule has 3 heterocycles. The Labute approximate surface area is 176 Å². The van der Waals surface area contributed by atoms with Crippen molar-refractivity contribution in [3.05, 3.63) is 59.1 Å². The summed E-state index contributed by atoms with van der Waals surface area (Å²) in [6.45, 7) is 0. The number of methoxy groups -OCH3 is 1. The molecule has 8 nitrogen and oxygen atoms in total. The SMILES string of the molecule is COc1ccc2cc([C@@H]3CC(c4ccco4)=NN3C(=O)CCC(=O)O)c(Cl)nc2c1. The predicted octanol–water partition coefficient (Wildman–Crippen LogP) is 4.03. The first kappa shape index (κ1) is 19.9. The summed E-state index contributed by atoms with van der Waals surface area (Å²) in [6.07, 6.45) is 1.45. The Bertz CT molecular complexity index is 1140. The normalized spacial score (nSPS) is 16.0. The fraction of sp³-hybridized carbons (Fsp3) is 0.238. The lowest BCUT2D eigenvalue weighted by atomic mass is 10.0. The molecule has 0 unspecified atom stereocenters. The van der Waals surface area contributed by atoms with Crippen LogP contribution in [0.3, 0.4) is 0 Å². The number of carbonyl (C=O) groups excluding carboxylic acids is 1. The molecule has 9 heteroatoms. The molecule has 1 atom stereocenters. The molecular formula is C21H18ClN3O5. The maximum absolute atomic E-state index is 12.8. The summed E-state index contributed by atoms with van der Waals surface area (Å²) in [6, 6.07) is 10.3. The number of benzene rings is 1. The molecule has 1 aliphatic rings. The fourth-order valence-electron chi connectivity index (χ4n) is 3.40. The Morgan fingerprint density at radius 3 is 2.83 bits per heavy atom. The third kappa shape index (κ3) is 3.86. The number of nitrogens with zero attached hydrogens (tertiary/aromatic N) is 3. The zero-order chi connectivity index (χ0) is 21.3. The molecule has 1 amide bonds. The fourth-order valence-corrected chi connectivity index (χ4v) is 3.67. The summed E-state index contributed by atoms with van der Waals surface area (Å²) in [5.41, 5.74) is 1.87. The van der Waals surface area contributed by atoms with Crippen molar-refractivity contribution >= 4 is 40.1 Å². The topological polar surface area (TPSA) is 105 Å². The van der Waals surface area contributed by atoms with E-state index in [4.69, 9.17) is 25.9 Å². The summed E-state index contributed by atoms with van der Waals surface area (Å²) in [4.78, 5) is 28.1. The van der Waals surface area contributed by atoms with Crippen LogP contribution in [0.4, 0.5) is 0 Å². The molecule has 0 radical (unpaired) electrons. The quantitative estimate of drug-likeness (QED) is 0.595. The molecule has 30 heavy (non-hydrogen) atoms. The van der Waals surface area contributed by atoms with Crippen LogP contribution in [0, 0.1) is 0 Å². The van der Waals surface area contributed by atoms with Gasteiger partial charge in [-0.05, 0) is 30.3 Å². The number of hydrogen-bond acceptors (Lipinski definition) is 6. The van der Waals surface area contributed by atoms with Gasteiger partial charge in [-0.2, -0.15) is 5.10 Å². The van der Waals surface area contributed by atoms with Gasteiger partial charge in [0.1, 0.15) is 22.4 Å². The first-order chi connectivity index (χ1) is 14.5. The van der Waals surface area contributed by atoms with Crippen LogP contribution in [0.5, 0.6) is 5.75 Å². The largest absolute Gasteiger partial charge is 0.497 e. The van der Waals surface area contributed by atoms with E-state index in [9.17, 15) is 9.59 Å². The summed E-state index contributed by atoms with van der Waals surface area (Å²) >= 11 is 6.49. The highest BCUT2D eigenvalue weighted by atomic mass is 35.5. The molecule has 1 N–H and O–H groups in total. The highest BCUT2D eigenvalue weighted by Crippen LogP contribution is 2.38. The highest BCUT2D eigenvalue weighted by Gasteiger charge is 2.35. The second-order valence-corrected chi connectivity index (χ2v) is 7.16. The summed E-state index contributed by atoms with van der Waals surface area (Å²) in [7, 11) is 1.57. The molecule has 154 valence electrons. The maximum atomic E-state index is 12.8. The molecule has 0 spiro atoms. The van der Waals surface area contributed by atoms with Crippen LogP contribution >= 0.6 is 11.6 Å². The van der Waals surface area contributed by atoms with Crippen molar-refractivity contribution < 1.29 is 23.8 Å². The number of amides is 1. The van der Waals surface area contributed by atoms with Crippen LogP contribution in [-0.4, -0.2) is 39.8 Å². The number of hydrogen-bond donors (Lipinski definition) is 1. The van der Waals surface area contributed by atoms with Gasteiger partial charge in [-0.25, -0.2) is 9.99 Å². The number of carboxylic acid groups (broad SMARTS) is 1. The van der Waals surface area contributed by atoms with Crippen LogP contribution in [0.15, 0.2) is 52.2 Å². The van der Waals surface area contributed by atoms with Gasteiger partial charge in [0.05, 0.1) is 31.4 Å². The smallest absolute Gasteiger partial charge is 0.303 e.